The second-order valence-corrected chi connectivity index (χ2v) is 9.85. The fourth-order valence-electron chi connectivity index (χ4n) is 2.32. The van der Waals surface area contributed by atoms with Crippen LogP contribution in [0.5, 0.6) is 11.5 Å². The molecule has 27 heavy (non-hydrogen) atoms. The standard InChI is InChI=1S/C15H18N4O5S3/c1-3-25-15-18-17-14(26-15)16-13(20)9-19(27(2,21)22)10-4-5-11-12(8-10)24-7-6-23-11/h4-5,8H,3,6-7,9H2,1-2H3,(H,16,17,20). The van der Waals surface area contributed by atoms with Gasteiger partial charge in [0, 0.05) is 6.07 Å². The molecule has 0 unspecified atom stereocenters. The van der Waals surface area contributed by atoms with Gasteiger partial charge in [-0.1, -0.05) is 30.0 Å². The lowest BCUT2D eigenvalue weighted by molar-refractivity contribution is -0.114. The van der Waals surface area contributed by atoms with Crippen molar-refractivity contribution in [1.82, 2.24) is 10.2 Å². The molecular weight excluding hydrogens is 412 g/mol. The molecule has 9 nitrogen and oxygen atoms in total. The van der Waals surface area contributed by atoms with Gasteiger partial charge in [-0.2, -0.15) is 0 Å². The lowest BCUT2D eigenvalue weighted by atomic mass is 10.2. The van der Waals surface area contributed by atoms with E-state index < -0.39 is 22.5 Å². The molecule has 2 heterocycles. The van der Waals surface area contributed by atoms with E-state index in [2.05, 4.69) is 15.5 Å². The summed E-state index contributed by atoms with van der Waals surface area (Å²) in [4.78, 5) is 12.4. The van der Waals surface area contributed by atoms with E-state index in [-0.39, 0.29) is 0 Å². The highest BCUT2D eigenvalue weighted by molar-refractivity contribution is 8.01. The first-order chi connectivity index (χ1) is 12.9. The number of carbonyl (C=O) groups is 1. The molecule has 1 amide bonds. The average Bonchev–Trinajstić information content (AvgIpc) is 3.05. The lowest BCUT2D eigenvalue weighted by Crippen LogP contribution is -2.37. The molecule has 0 spiro atoms. The largest absolute Gasteiger partial charge is 0.486 e. The number of benzene rings is 1. The van der Waals surface area contributed by atoms with E-state index in [9.17, 15) is 13.2 Å². The summed E-state index contributed by atoms with van der Waals surface area (Å²) in [5.74, 6) is 1.31. The van der Waals surface area contributed by atoms with Crippen molar-refractivity contribution >= 4 is 49.8 Å². The van der Waals surface area contributed by atoms with Crippen LogP contribution in [0.2, 0.25) is 0 Å². The van der Waals surface area contributed by atoms with Crippen LogP contribution in [-0.2, 0) is 14.8 Å². The van der Waals surface area contributed by atoms with E-state index in [4.69, 9.17) is 9.47 Å². The summed E-state index contributed by atoms with van der Waals surface area (Å²) >= 11 is 2.75. The monoisotopic (exact) mass is 430 g/mol. The van der Waals surface area contributed by atoms with Crippen LogP contribution >= 0.6 is 23.1 Å². The van der Waals surface area contributed by atoms with Gasteiger partial charge in [-0.3, -0.25) is 14.4 Å². The van der Waals surface area contributed by atoms with Crippen molar-refractivity contribution in [2.45, 2.75) is 11.3 Å². The molecule has 1 aliphatic heterocycles. The minimum atomic E-state index is -3.70. The Bertz CT molecular complexity index is 931. The second-order valence-electron chi connectivity index (χ2n) is 5.45. The summed E-state index contributed by atoms with van der Waals surface area (Å²) < 4.78 is 37.1. The van der Waals surface area contributed by atoms with Gasteiger partial charge in [-0.25, -0.2) is 8.42 Å². The highest BCUT2D eigenvalue weighted by Gasteiger charge is 2.24. The molecule has 1 N–H and O–H groups in total. The predicted molar refractivity (Wildman–Crippen MR) is 105 cm³/mol. The van der Waals surface area contributed by atoms with E-state index in [0.717, 1.165) is 20.7 Å². The molecule has 0 fully saturated rings. The lowest BCUT2D eigenvalue weighted by Gasteiger charge is -2.24. The van der Waals surface area contributed by atoms with E-state index in [1.807, 2.05) is 6.92 Å². The third kappa shape index (κ3) is 5.02. The molecule has 0 atom stereocenters. The summed E-state index contributed by atoms with van der Waals surface area (Å²) in [6.07, 6.45) is 1.04. The van der Waals surface area contributed by atoms with Crippen LogP contribution < -0.4 is 19.1 Å². The molecule has 12 heteroatoms. The molecule has 146 valence electrons. The zero-order chi connectivity index (χ0) is 19.4. The van der Waals surface area contributed by atoms with Gasteiger partial charge in [-0.05, 0) is 17.9 Å². The van der Waals surface area contributed by atoms with Crippen LogP contribution in [-0.4, -0.2) is 56.3 Å². The average molecular weight is 431 g/mol. The van der Waals surface area contributed by atoms with Crippen molar-refractivity contribution in [1.29, 1.82) is 0 Å². The van der Waals surface area contributed by atoms with Crippen molar-refractivity contribution in [3.63, 3.8) is 0 Å². The maximum absolute atomic E-state index is 12.4. The summed E-state index contributed by atoms with van der Waals surface area (Å²) in [5, 5.41) is 10.7. The van der Waals surface area contributed by atoms with E-state index in [0.29, 0.717) is 35.5 Å². The van der Waals surface area contributed by atoms with Crippen molar-refractivity contribution in [3.05, 3.63) is 18.2 Å². The Kier molecular flexibility index (Phi) is 6.07. The highest BCUT2D eigenvalue weighted by atomic mass is 32.2. The number of amides is 1. The number of nitrogens with zero attached hydrogens (tertiary/aromatic N) is 3. The van der Waals surface area contributed by atoms with Gasteiger partial charge >= 0.3 is 0 Å². The Morgan fingerprint density at radius 2 is 2.04 bits per heavy atom. The van der Waals surface area contributed by atoms with Gasteiger partial charge in [0.05, 0.1) is 11.9 Å². The summed E-state index contributed by atoms with van der Waals surface area (Å²) in [6.45, 7) is 2.41. The van der Waals surface area contributed by atoms with Crippen LogP contribution in [0, 0.1) is 0 Å². The van der Waals surface area contributed by atoms with Gasteiger partial charge in [0.2, 0.25) is 21.1 Å². The summed E-state index contributed by atoms with van der Waals surface area (Å²) in [6, 6.07) is 4.74. The van der Waals surface area contributed by atoms with Gasteiger partial charge in [0.1, 0.15) is 19.8 Å². The predicted octanol–water partition coefficient (Wildman–Crippen LogP) is 1.83. The number of anilines is 2. The minimum Gasteiger partial charge on any atom is -0.486 e. The summed E-state index contributed by atoms with van der Waals surface area (Å²) in [5.41, 5.74) is 0.316. The summed E-state index contributed by atoms with van der Waals surface area (Å²) in [7, 11) is -3.70. The molecule has 1 aromatic heterocycles. The number of fused-ring (bicyclic) bond motifs is 1. The zero-order valence-corrected chi connectivity index (χ0v) is 17.1. The maximum atomic E-state index is 12.4. The number of aromatic nitrogens is 2. The molecule has 0 saturated heterocycles. The smallest absolute Gasteiger partial charge is 0.246 e. The number of rotatable bonds is 7. The van der Waals surface area contributed by atoms with E-state index in [1.165, 1.54) is 23.1 Å². The Balaban J connectivity index is 1.76. The third-order valence-corrected chi connectivity index (χ3v) is 6.42. The third-order valence-electron chi connectivity index (χ3n) is 3.42. The van der Waals surface area contributed by atoms with Crippen molar-refractivity contribution < 1.29 is 22.7 Å². The molecule has 1 aromatic carbocycles. The highest BCUT2D eigenvalue weighted by Crippen LogP contribution is 2.34. The van der Waals surface area contributed by atoms with Crippen LogP contribution in [0.4, 0.5) is 10.8 Å². The SMILES string of the molecule is CCSc1nnc(NC(=O)CN(c2ccc3c(c2)OCCO3)S(C)(=O)=O)s1. The van der Waals surface area contributed by atoms with Crippen LogP contribution in [0.15, 0.2) is 22.5 Å². The number of ether oxygens (including phenoxy) is 2. The quantitative estimate of drug-likeness (QED) is 0.523. The molecular formula is C15H18N4O5S3. The molecule has 0 saturated carbocycles. The maximum Gasteiger partial charge on any atom is 0.246 e. The normalized spacial score (nSPS) is 13.3. The first-order valence-corrected chi connectivity index (χ1v) is 11.7. The van der Waals surface area contributed by atoms with E-state index >= 15 is 0 Å². The fourth-order valence-corrected chi connectivity index (χ4v) is 4.83. The Labute approximate surface area is 165 Å². The molecule has 1 aliphatic rings. The Morgan fingerprint density at radius 1 is 1.30 bits per heavy atom. The number of thioether (sulfide) groups is 1. The van der Waals surface area contributed by atoms with Gasteiger partial charge < -0.3 is 9.47 Å². The molecule has 3 rings (SSSR count). The molecule has 0 bridgehead atoms. The zero-order valence-electron chi connectivity index (χ0n) is 14.7. The van der Waals surface area contributed by atoms with Crippen LogP contribution in [0.25, 0.3) is 0 Å². The minimum absolute atomic E-state index is 0.316. The van der Waals surface area contributed by atoms with E-state index in [1.54, 1.807) is 18.2 Å². The second kappa shape index (κ2) is 8.31. The number of carbonyl (C=O) groups excluding carboxylic acids is 1. The fraction of sp³-hybridized carbons (Fsp3) is 0.400. The van der Waals surface area contributed by atoms with Crippen molar-refractivity contribution in [2.24, 2.45) is 0 Å². The van der Waals surface area contributed by atoms with Crippen LogP contribution in [0.1, 0.15) is 6.92 Å². The van der Waals surface area contributed by atoms with Gasteiger partial charge in [0.25, 0.3) is 0 Å². The number of nitrogens with one attached hydrogen (secondary N) is 1. The number of sulfonamides is 1. The topological polar surface area (TPSA) is 111 Å². The Morgan fingerprint density at radius 3 is 2.74 bits per heavy atom. The Hall–Kier alpha value is -2.05. The number of hydrogen-bond acceptors (Lipinski definition) is 9. The first kappa shape index (κ1) is 19.7. The molecule has 0 aliphatic carbocycles. The van der Waals surface area contributed by atoms with Gasteiger partial charge in [0.15, 0.2) is 15.8 Å². The first-order valence-electron chi connectivity index (χ1n) is 8.00. The number of hydrogen-bond donors (Lipinski definition) is 1. The van der Waals surface area contributed by atoms with Crippen molar-refractivity contribution in [3.8, 4) is 11.5 Å². The van der Waals surface area contributed by atoms with Crippen molar-refractivity contribution in [2.75, 3.05) is 41.4 Å². The van der Waals surface area contributed by atoms with Gasteiger partial charge in [-0.15, -0.1) is 10.2 Å². The molecule has 0 radical (unpaired) electrons. The van der Waals surface area contributed by atoms with Crippen LogP contribution in [0.3, 0.4) is 0 Å². The molecule has 2 aromatic rings.